The third kappa shape index (κ3) is 1.89. The molecule has 2 nitrogen and oxygen atoms in total. The number of hydrogen-bond donors (Lipinski definition) is 0. The predicted molar refractivity (Wildman–Crippen MR) is 87.7 cm³/mol. The summed E-state index contributed by atoms with van der Waals surface area (Å²) in [6, 6.07) is 11.2. The van der Waals surface area contributed by atoms with Crippen LogP contribution < -0.4 is 0 Å². The average Bonchev–Trinajstić information content (AvgIpc) is 3.07. The molecule has 2 aliphatic heterocycles. The van der Waals surface area contributed by atoms with Crippen molar-refractivity contribution in [1.82, 2.24) is 4.90 Å². The third-order valence-electron chi connectivity index (χ3n) is 4.00. The third-order valence-corrected chi connectivity index (χ3v) is 5.26. The fraction of sp³-hybridized carbons (Fsp3) is 0.235. The lowest BCUT2D eigenvalue weighted by Crippen LogP contribution is -2.20. The molecule has 0 saturated carbocycles. The molecule has 0 saturated heterocycles. The maximum atomic E-state index is 14.0. The first-order valence-corrected chi connectivity index (χ1v) is 8.02. The van der Waals surface area contributed by atoms with Gasteiger partial charge in [-0.2, -0.15) is 0 Å². The molecule has 0 radical (unpaired) electrons. The van der Waals surface area contributed by atoms with Crippen LogP contribution in [0.25, 0.3) is 16.5 Å². The predicted octanol–water partition coefficient (Wildman–Crippen LogP) is 4.48. The number of hydrogen-bond acceptors (Lipinski definition) is 3. The minimum absolute atomic E-state index is 0.158. The molecular formula is C17H15FN2S. The molecule has 2 aliphatic rings. The summed E-state index contributed by atoms with van der Waals surface area (Å²) in [6.07, 6.45) is 0.973. The van der Waals surface area contributed by atoms with Gasteiger partial charge in [-0.05, 0) is 17.9 Å². The molecule has 0 N–H and O–H groups in total. The van der Waals surface area contributed by atoms with Crippen LogP contribution in [0.2, 0.25) is 0 Å². The lowest BCUT2D eigenvalue weighted by Gasteiger charge is -2.19. The molecule has 2 heterocycles. The van der Waals surface area contributed by atoms with E-state index in [1.54, 1.807) is 17.8 Å². The Kier molecular flexibility index (Phi) is 3.00. The van der Waals surface area contributed by atoms with Crippen LogP contribution >= 0.6 is 11.8 Å². The van der Waals surface area contributed by atoms with Crippen molar-refractivity contribution in [3.8, 4) is 0 Å². The quantitative estimate of drug-likeness (QED) is 0.812. The summed E-state index contributed by atoms with van der Waals surface area (Å²) in [5.41, 5.74) is 2.33. The Morgan fingerprint density at radius 2 is 2.00 bits per heavy atom. The maximum absolute atomic E-state index is 14.0. The highest BCUT2D eigenvalue weighted by Gasteiger charge is 2.32. The zero-order valence-electron chi connectivity index (χ0n) is 11.8. The van der Waals surface area contributed by atoms with Crippen LogP contribution in [-0.2, 0) is 0 Å². The van der Waals surface area contributed by atoms with E-state index in [1.807, 2.05) is 18.2 Å². The summed E-state index contributed by atoms with van der Waals surface area (Å²) in [5, 5.41) is 2.76. The van der Waals surface area contributed by atoms with E-state index >= 15 is 0 Å². The highest BCUT2D eigenvalue weighted by molar-refractivity contribution is 8.17. The van der Waals surface area contributed by atoms with Crippen molar-refractivity contribution < 1.29 is 4.39 Å². The first kappa shape index (κ1) is 12.9. The van der Waals surface area contributed by atoms with Crippen LogP contribution in [0.15, 0.2) is 46.3 Å². The lowest BCUT2D eigenvalue weighted by atomic mass is 10.0. The average molecular weight is 298 g/mol. The fourth-order valence-electron chi connectivity index (χ4n) is 3.04. The van der Waals surface area contributed by atoms with E-state index in [2.05, 4.69) is 22.9 Å². The second-order valence-corrected chi connectivity index (χ2v) is 6.25. The zero-order chi connectivity index (χ0) is 14.4. The molecule has 0 amide bonds. The van der Waals surface area contributed by atoms with E-state index in [0.29, 0.717) is 5.39 Å². The maximum Gasteiger partial charge on any atom is 0.168 e. The van der Waals surface area contributed by atoms with Crippen molar-refractivity contribution >= 4 is 33.4 Å². The van der Waals surface area contributed by atoms with E-state index < -0.39 is 0 Å². The molecule has 0 spiro atoms. The smallest absolute Gasteiger partial charge is 0.168 e. The summed E-state index contributed by atoms with van der Waals surface area (Å²) in [5.74, 6) is -0.158. The minimum atomic E-state index is -0.158. The van der Waals surface area contributed by atoms with Gasteiger partial charge in [0.25, 0.3) is 0 Å². The molecule has 4 heteroatoms. The molecule has 0 atom stereocenters. The zero-order valence-corrected chi connectivity index (χ0v) is 12.6. The van der Waals surface area contributed by atoms with Crippen LogP contribution in [-0.4, -0.2) is 23.2 Å². The van der Waals surface area contributed by atoms with Crippen LogP contribution in [0.1, 0.15) is 18.9 Å². The molecule has 0 unspecified atom stereocenters. The number of fused-ring (bicyclic) bond motifs is 2. The monoisotopic (exact) mass is 298 g/mol. The number of amidine groups is 1. The van der Waals surface area contributed by atoms with Crippen LogP contribution in [0.4, 0.5) is 4.39 Å². The highest BCUT2D eigenvalue weighted by Crippen LogP contribution is 2.44. The van der Waals surface area contributed by atoms with Gasteiger partial charge >= 0.3 is 0 Å². The Morgan fingerprint density at radius 3 is 2.86 bits per heavy atom. The van der Waals surface area contributed by atoms with Gasteiger partial charge in [0.2, 0.25) is 0 Å². The number of benzene rings is 2. The molecule has 0 fully saturated rings. The first-order chi connectivity index (χ1) is 10.3. The number of aliphatic imine (C=N–C) groups is 1. The molecule has 0 aromatic heterocycles. The van der Waals surface area contributed by atoms with Gasteiger partial charge in [0.05, 0.1) is 12.2 Å². The van der Waals surface area contributed by atoms with Crippen LogP contribution in [0.3, 0.4) is 0 Å². The Bertz CT molecular complexity index is 794. The second-order valence-electron chi connectivity index (χ2n) is 5.18. The molecule has 0 aliphatic carbocycles. The van der Waals surface area contributed by atoms with Crippen LogP contribution in [0, 0.1) is 5.82 Å². The SMILES string of the molecule is CCC1=C(c2cccc3c(F)cccc23)N2CCN=C2S1. The molecule has 0 bridgehead atoms. The van der Waals surface area contributed by atoms with Gasteiger partial charge in [0, 0.05) is 22.4 Å². The Labute approximate surface area is 127 Å². The largest absolute Gasteiger partial charge is 0.318 e. The number of thioether (sulfide) groups is 1. The lowest BCUT2D eigenvalue weighted by molar-refractivity contribution is 0.639. The van der Waals surface area contributed by atoms with Crippen molar-refractivity contribution in [2.24, 2.45) is 4.99 Å². The van der Waals surface area contributed by atoms with E-state index in [9.17, 15) is 4.39 Å². The summed E-state index contributed by atoms with van der Waals surface area (Å²) in [7, 11) is 0. The van der Waals surface area contributed by atoms with Gasteiger partial charge < -0.3 is 4.90 Å². The molecule has 2 aromatic carbocycles. The van der Waals surface area contributed by atoms with Gasteiger partial charge in [-0.15, -0.1) is 0 Å². The fourth-order valence-corrected chi connectivity index (χ4v) is 4.17. The molecule has 4 rings (SSSR count). The van der Waals surface area contributed by atoms with Gasteiger partial charge in [0.1, 0.15) is 5.82 Å². The Balaban J connectivity index is 1.98. The second kappa shape index (κ2) is 4.88. The van der Waals surface area contributed by atoms with Crippen molar-refractivity contribution in [2.45, 2.75) is 13.3 Å². The van der Waals surface area contributed by atoms with Crippen molar-refractivity contribution in [3.63, 3.8) is 0 Å². The molecule has 21 heavy (non-hydrogen) atoms. The number of nitrogens with zero attached hydrogens (tertiary/aromatic N) is 2. The summed E-state index contributed by atoms with van der Waals surface area (Å²) >= 11 is 1.76. The first-order valence-electron chi connectivity index (χ1n) is 7.20. The van der Waals surface area contributed by atoms with Crippen molar-refractivity contribution in [2.75, 3.05) is 13.1 Å². The van der Waals surface area contributed by atoms with E-state index in [4.69, 9.17) is 0 Å². The standard InChI is InChI=1S/C17H15FN2S/c1-2-15-16(20-10-9-19-17(20)21-15)13-7-3-6-12-11(13)5-4-8-14(12)18/h3-8H,2,9-10H2,1H3. The Morgan fingerprint density at radius 1 is 1.19 bits per heavy atom. The van der Waals surface area contributed by atoms with E-state index in [1.165, 1.54) is 16.7 Å². The van der Waals surface area contributed by atoms with Crippen molar-refractivity contribution in [3.05, 3.63) is 52.7 Å². The van der Waals surface area contributed by atoms with Gasteiger partial charge in [-0.3, -0.25) is 4.99 Å². The summed E-state index contributed by atoms with van der Waals surface area (Å²) < 4.78 is 14.0. The summed E-state index contributed by atoms with van der Waals surface area (Å²) in [4.78, 5) is 8.16. The number of rotatable bonds is 2. The number of halogens is 1. The number of allylic oxidation sites excluding steroid dienone is 1. The van der Waals surface area contributed by atoms with Crippen molar-refractivity contribution in [1.29, 1.82) is 0 Å². The Hall–Kier alpha value is -1.81. The molecular weight excluding hydrogens is 283 g/mol. The van der Waals surface area contributed by atoms with Crippen LogP contribution in [0.5, 0.6) is 0 Å². The van der Waals surface area contributed by atoms with Gasteiger partial charge in [-0.25, -0.2) is 4.39 Å². The van der Waals surface area contributed by atoms with E-state index in [-0.39, 0.29) is 5.82 Å². The molecule has 106 valence electrons. The summed E-state index contributed by atoms with van der Waals surface area (Å²) in [6.45, 7) is 3.94. The van der Waals surface area contributed by atoms with Gasteiger partial charge in [0.15, 0.2) is 5.17 Å². The normalized spacial score (nSPS) is 17.6. The topological polar surface area (TPSA) is 15.6 Å². The minimum Gasteiger partial charge on any atom is -0.318 e. The highest BCUT2D eigenvalue weighted by atomic mass is 32.2. The van der Waals surface area contributed by atoms with E-state index in [0.717, 1.165) is 35.6 Å². The van der Waals surface area contributed by atoms with Gasteiger partial charge in [-0.1, -0.05) is 49.0 Å². The molecule has 2 aromatic rings.